The second-order valence-electron chi connectivity index (χ2n) is 3.33. The summed E-state index contributed by atoms with van der Waals surface area (Å²) in [4.78, 5) is 6.44. The highest BCUT2D eigenvalue weighted by molar-refractivity contribution is 5.52. The van der Waals surface area contributed by atoms with Crippen LogP contribution in [0.2, 0.25) is 0 Å². The van der Waals surface area contributed by atoms with Crippen LogP contribution in [0, 0.1) is 6.92 Å². The first-order valence-corrected chi connectivity index (χ1v) is 4.58. The number of rotatable bonds is 3. The molecule has 0 saturated heterocycles. The molecule has 0 aromatic carbocycles. The summed E-state index contributed by atoms with van der Waals surface area (Å²) in [7, 11) is 2.05. The lowest BCUT2D eigenvalue weighted by Crippen LogP contribution is -2.20. The van der Waals surface area contributed by atoms with E-state index in [0.29, 0.717) is 0 Å². The average Bonchev–Trinajstić information content (AvgIpc) is 2.04. The molecule has 1 heterocycles. The van der Waals surface area contributed by atoms with Gasteiger partial charge in [0.25, 0.3) is 0 Å². The van der Waals surface area contributed by atoms with E-state index in [2.05, 4.69) is 23.9 Å². The molecule has 0 aliphatic heterocycles. The maximum absolute atomic E-state index is 5.62. The van der Waals surface area contributed by atoms with Gasteiger partial charge in [0.15, 0.2) is 0 Å². The summed E-state index contributed by atoms with van der Waals surface area (Å²) in [5, 5.41) is 0. The minimum Gasteiger partial charge on any atom is -0.397 e. The van der Waals surface area contributed by atoms with Crippen molar-refractivity contribution in [1.29, 1.82) is 0 Å². The molecule has 0 fully saturated rings. The van der Waals surface area contributed by atoms with Crippen LogP contribution in [-0.2, 0) is 0 Å². The first kappa shape index (κ1) is 9.84. The lowest BCUT2D eigenvalue weighted by Gasteiger charge is -2.19. The SMILES string of the molecule is CCCN(C)c1ncc(N)cc1C. The molecular formula is C10H17N3. The van der Waals surface area contributed by atoms with Crippen LogP contribution >= 0.6 is 0 Å². The maximum atomic E-state index is 5.62. The van der Waals surface area contributed by atoms with Gasteiger partial charge in [0.1, 0.15) is 5.82 Å². The standard InChI is InChI=1S/C10H17N3/c1-4-5-13(3)10-8(2)6-9(11)7-12-10/h6-7H,4-5,11H2,1-3H3. The van der Waals surface area contributed by atoms with Crippen LogP contribution in [0.5, 0.6) is 0 Å². The summed E-state index contributed by atoms with van der Waals surface area (Å²) in [6.45, 7) is 5.21. The van der Waals surface area contributed by atoms with E-state index < -0.39 is 0 Å². The van der Waals surface area contributed by atoms with E-state index >= 15 is 0 Å². The third-order valence-electron chi connectivity index (χ3n) is 1.99. The third kappa shape index (κ3) is 2.34. The molecule has 0 saturated carbocycles. The van der Waals surface area contributed by atoms with Crippen molar-refractivity contribution >= 4 is 11.5 Å². The van der Waals surface area contributed by atoms with E-state index in [1.165, 1.54) is 0 Å². The molecule has 0 aliphatic rings. The minimum atomic E-state index is 0.728. The van der Waals surface area contributed by atoms with Crippen molar-refractivity contribution in [3.05, 3.63) is 17.8 Å². The van der Waals surface area contributed by atoms with Crippen LogP contribution in [0.4, 0.5) is 11.5 Å². The van der Waals surface area contributed by atoms with Crippen molar-refractivity contribution in [3.63, 3.8) is 0 Å². The number of hydrogen-bond acceptors (Lipinski definition) is 3. The Balaban J connectivity index is 2.88. The predicted molar refractivity (Wildman–Crippen MR) is 56.9 cm³/mol. The Kier molecular flexibility index (Phi) is 3.12. The van der Waals surface area contributed by atoms with Gasteiger partial charge in [-0.05, 0) is 25.0 Å². The lowest BCUT2D eigenvalue weighted by atomic mass is 10.2. The first-order chi connectivity index (χ1) is 6.15. The number of aryl methyl sites for hydroxylation is 1. The van der Waals surface area contributed by atoms with Crippen LogP contribution in [0.3, 0.4) is 0 Å². The maximum Gasteiger partial charge on any atom is 0.131 e. The van der Waals surface area contributed by atoms with Gasteiger partial charge in [-0.3, -0.25) is 0 Å². The number of nitrogens with zero attached hydrogens (tertiary/aromatic N) is 2. The molecular weight excluding hydrogens is 162 g/mol. The Labute approximate surface area is 79.6 Å². The van der Waals surface area contributed by atoms with Crippen molar-refractivity contribution in [3.8, 4) is 0 Å². The van der Waals surface area contributed by atoms with Gasteiger partial charge in [-0.15, -0.1) is 0 Å². The molecule has 0 atom stereocenters. The van der Waals surface area contributed by atoms with E-state index in [0.717, 1.165) is 30.0 Å². The van der Waals surface area contributed by atoms with E-state index in [9.17, 15) is 0 Å². The normalized spacial score (nSPS) is 10.1. The Hall–Kier alpha value is -1.25. The molecule has 0 spiro atoms. The summed E-state index contributed by atoms with van der Waals surface area (Å²) < 4.78 is 0. The van der Waals surface area contributed by atoms with Gasteiger partial charge >= 0.3 is 0 Å². The largest absolute Gasteiger partial charge is 0.397 e. The van der Waals surface area contributed by atoms with Crippen molar-refractivity contribution in [1.82, 2.24) is 4.98 Å². The number of nitrogen functional groups attached to an aromatic ring is 1. The zero-order valence-corrected chi connectivity index (χ0v) is 8.54. The molecule has 1 aromatic rings. The number of anilines is 2. The fourth-order valence-electron chi connectivity index (χ4n) is 1.43. The quantitative estimate of drug-likeness (QED) is 0.769. The zero-order chi connectivity index (χ0) is 9.84. The van der Waals surface area contributed by atoms with Gasteiger partial charge in [-0.25, -0.2) is 4.98 Å². The van der Waals surface area contributed by atoms with E-state index in [1.54, 1.807) is 6.20 Å². The molecule has 72 valence electrons. The summed E-state index contributed by atoms with van der Waals surface area (Å²) in [5.74, 6) is 1.02. The van der Waals surface area contributed by atoms with Gasteiger partial charge in [0.05, 0.1) is 11.9 Å². The molecule has 0 bridgehead atoms. The molecule has 0 unspecified atom stereocenters. The van der Waals surface area contributed by atoms with E-state index in [1.807, 2.05) is 13.0 Å². The van der Waals surface area contributed by atoms with Crippen LogP contribution in [0.1, 0.15) is 18.9 Å². The van der Waals surface area contributed by atoms with Gasteiger partial charge in [-0.1, -0.05) is 6.92 Å². The minimum absolute atomic E-state index is 0.728. The number of hydrogen-bond donors (Lipinski definition) is 1. The Morgan fingerprint density at radius 1 is 1.54 bits per heavy atom. The summed E-state index contributed by atoms with van der Waals surface area (Å²) in [6, 6.07) is 1.95. The van der Waals surface area contributed by atoms with Crippen molar-refractivity contribution in [2.45, 2.75) is 20.3 Å². The summed E-state index contributed by atoms with van der Waals surface area (Å²) in [6.07, 6.45) is 2.83. The smallest absolute Gasteiger partial charge is 0.131 e. The Morgan fingerprint density at radius 3 is 2.77 bits per heavy atom. The topological polar surface area (TPSA) is 42.2 Å². The predicted octanol–water partition coefficient (Wildman–Crippen LogP) is 1.82. The molecule has 0 radical (unpaired) electrons. The van der Waals surface area contributed by atoms with Gasteiger partial charge in [0, 0.05) is 13.6 Å². The van der Waals surface area contributed by atoms with E-state index in [4.69, 9.17) is 5.73 Å². The second kappa shape index (κ2) is 4.12. The van der Waals surface area contributed by atoms with E-state index in [-0.39, 0.29) is 0 Å². The van der Waals surface area contributed by atoms with Crippen molar-refractivity contribution < 1.29 is 0 Å². The Bertz CT molecular complexity index is 283. The van der Waals surface area contributed by atoms with Gasteiger partial charge in [0.2, 0.25) is 0 Å². The highest BCUT2D eigenvalue weighted by Gasteiger charge is 2.04. The monoisotopic (exact) mass is 179 g/mol. The molecule has 1 aromatic heterocycles. The fourth-order valence-corrected chi connectivity index (χ4v) is 1.43. The summed E-state index contributed by atoms with van der Waals surface area (Å²) in [5.41, 5.74) is 7.48. The van der Waals surface area contributed by atoms with Crippen LogP contribution in [0.25, 0.3) is 0 Å². The molecule has 2 N–H and O–H groups in total. The second-order valence-corrected chi connectivity index (χ2v) is 3.33. The highest BCUT2D eigenvalue weighted by Crippen LogP contribution is 2.17. The van der Waals surface area contributed by atoms with Gasteiger partial charge in [-0.2, -0.15) is 0 Å². The number of nitrogens with two attached hydrogens (primary N) is 1. The van der Waals surface area contributed by atoms with Crippen LogP contribution in [0.15, 0.2) is 12.3 Å². The molecule has 3 heteroatoms. The fraction of sp³-hybridized carbons (Fsp3) is 0.500. The summed E-state index contributed by atoms with van der Waals surface area (Å²) >= 11 is 0. The molecule has 0 aliphatic carbocycles. The Morgan fingerprint density at radius 2 is 2.23 bits per heavy atom. The average molecular weight is 179 g/mol. The molecule has 0 amide bonds. The van der Waals surface area contributed by atoms with Crippen LogP contribution in [-0.4, -0.2) is 18.6 Å². The highest BCUT2D eigenvalue weighted by atomic mass is 15.2. The lowest BCUT2D eigenvalue weighted by molar-refractivity contribution is 0.834. The molecule has 1 rings (SSSR count). The van der Waals surface area contributed by atoms with Crippen molar-refractivity contribution in [2.75, 3.05) is 24.2 Å². The molecule has 13 heavy (non-hydrogen) atoms. The first-order valence-electron chi connectivity index (χ1n) is 4.58. The number of pyridine rings is 1. The molecule has 3 nitrogen and oxygen atoms in total. The number of aromatic nitrogens is 1. The van der Waals surface area contributed by atoms with Gasteiger partial charge < -0.3 is 10.6 Å². The third-order valence-corrected chi connectivity index (χ3v) is 1.99. The van der Waals surface area contributed by atoms with Crippen molar-refractivity contribution in [2.24, 2.45) is 0 Å². The van der Waals surface area contributed by atoms with Crippen LogP contribution < -0.4 is 10.6 Å². The zero-order valence-electron chi connectivity index (χ0n) is 8.54.